The number of rotatable bonds is 2. The molecule has 154 valence electrons. The number of likely N-dealkylation sites (tertiary alicyclic amines) is 1. The second kappa shape index (κ2) is 7.97. The molecule has 0 radical (unpaired) electrons. The van der Waals surface area contributed by atoms with Crippen LogP contribution < -0.4 is 0 Å². The lowest BCUT2D eigenvalue weighted by molar-refractivity contribution is 0.0703. The Morgan fingerprint density at radius 1 is 1.20 bits per heavy atom. The van der Waals surface area contributed by atoms with E-state index in [9.17, 15) is 9.90 Å². The zero-order chi connectivity index (χ0) is 21.3. The van der Waals surface area contributed by atoms with Gasteiger partial charge in [-0.1, -0.05) is 30.0 Å². The van der Waals surface area contributed by atoms with Crippen molar-refractivity contribution >= 4 is 16.9 Å². The van der Waals surface area contributed by atoms with E-state index in [0.717, 1.165) is 41.8 Å². The molecule has 3 aromatic rings. The predicted octanol–water partition coefficient (Wildman–Crippen LogP) is 3.72. The minimum absolute atomic E-state index is 0.0189. The number of imidazole rings is 1. The van der Waals surface area contributed by atoms with Crippen molar-refractivity contribution < 1.29 is 9.90 Å². The molecular weight excluding hydrogens is 374 g/mol. The Morgan fingerprint density at radius 2 is 2.00 bits per heavy atom. The van der Waals surface area contributed by atoms with E-state index < -0.39 is 5.60 Å². The van der Waals surface area contributed by atoms with Gasteiger partial charge >= 0.3 is 0 Å². The van der Waals surface area contributed by atoms with Gasteiger partial charge in [-0.25, -0.2) is 4.98 Å². The molecule has 30 heavy (non-hydrogen) atoms. The number of fused-ring (bicyclic) bond motifs is 1. The molecule has 1 aromatic heterocycles. The smallest absolute Gasteiger partial charge is 0.253 e. The number of piperidine rings is 1. The van der Waals surface area contributed by atoms with Crippen molar-refractivity contribution in [3.8, 4) is 11.8 Å². The number of hydrogen-bond acceptors (Lipinski definition) is 3. The molecule has 1 fully saturated rings. The van der Waals surface area contributed by atoms with Crippen molar-refractivity contribution in [2.24, 2.45) is 7.05 Å². The lowest BCUT2D eigenvalue weighted by Crippen LogP contribution is -2.39. The molecule has 0 saturated carbocycles. The van der Waals surface area contributed by atoms with Crippen molar-refractivity contribution in [3.63, 3.8) is 0 Å². The van der Waals surface area contributed by atoms with E-state index in [1.165, 1.54) is 0 Å². The number of benzene rings is 2. The lowest BCUT2D eigenvalue weighted by Gasteiger charge is -2.32. The van der Waals surface area contributed by atoms with Crippen LogP contribution in [-0.2, 0) is 7.05 Å². The van der Waals surface area contributed by atoms with Crippen LogP contribution in [0, 0.1) is 11.8 Å². The molecule has 1 unspecified atom stereocenters. The fourth-order valence-electron chi connectivity index (χ4n) is 4.04. The molecule has 0 bridgehead atoms. The van der Waals surface area contributed by atoms with Crippen molar-refractivity contribution in [1.29, 1.82) is 0 Å². The van der Waals surface area contributed by atoms with E-state index in [2.05, 4.69) is 29.5 Å². The van der Waals surface area contributed by atoms with Gasteiger partial charge in [-0.05, 0) is 57.0 Å². The monoisotopic (exact) mass is 401 g/mol. The Bertz CT molecular complexity index is 1140. The van der Waals surface area contributed by atoms with Crippen LogP contribution in [0.5, 0.6) is 0 Å². The first-order chi connectivity index (χ1) is 14.3. The van der Waals surface area contributed by atoms with Gasteiger partial charge in [-0.15, -0.1) is 0 Å². The minimum Gasteiger partial charge on any atom is -0.378 e. The number of hydrogen-bond donors (Lipinski definition) is 1. The molecule has 1 amide bonds. The van der Waals surface area contributed by atoms with Crippen molar-refractivity contribution in [3.05, 3.63) is 65.5 Å². The van der Waals surface area contributed by atoms with Crippen LogP contribution in [-0.4, -0.2) is 44.2 Å². The summed E-state index contributed by atoms with van der Waals surface area (Å²) in [4.78, 5) is 20.0. The van der Waals surface area contributed by atoms with Gasteiger partial charge in [0, 0.05) is 37.2 Å². The third-order valence-electron chi connectivity index (χ3n) is 5.52. The number of nitrogens with zero attached hydrogens (tertiary/aromatic N) is 3. The van der Waals surface area contributed by atoms with Gasteiger partial charge < -0.3 is 14.6 Å². The van der Waals surface area contributed by atoms with Gasteiger partial charge in [0.1, 0.15) is 11.4 Å². The number of carbonyl (C=O) groups is 1. The second-order valence-electron chi connectivity index (χ2n) is 8.50. The molecule has 4 rings (SSSR count). The number of aliphatic hydroxyl groups is 1. The molecule has 2 aromatic carbocycles. The Morgan fingerprint density at radius 3 is 2.77 bits per heavy atom. The topological polar surface area (TPSA) is 58.4 Å². The van der Waals surface area contributed by atoms with Crippen LogP contribution in [0.2, 0.25) is 0 Å². The molecule has 0 aliphatic carbocycles. The van der Waals surface area contributed by atoms with E-state index >= 15 is 0 Å². The fourth-order valence-corrected chi connectivity index (χ4v) is 4.04. The summed E-state index contributed by atoms with van der Waals surface area (Å²) in [5.41, 5.74) is 2.41. The SMILES string of the molecule is Cn1c(C2CCCN(C(=O)c3cccc(C#CC(C)(C)O)c3)C2)nc2ccccc21. The highest BCUT2D eigenvalue weighted by Crippen LogP contribution is 2.29. The summed E-state index contributed by atoms with van der Waals surface area (Å²) in [6.07, 6.45) is 1.98. The average Bonchev–Trinajstić information content (AvgIpc) is 3.08. The van der Waals surface area contributed by atoms with E-state index in [4.69, 9.17) is 4.98 Å². The average molecular weight is 402 g/mol. The molecule has 1 aliphatic heterocycles. The van der Waals surface area contributed by atoms with Crippen LogP contribution in [0.3, 0.4) is 0 Å². The predicted molar refractivity (Wildman–Crippen MR) is 118 cm³/mol. The molecule has 1 aliphatic rings. The van der Waals surface area contributed by atoms with Crippen LogP contribution in [0.15, 0.2) is 48.5 Å². The number of aromatic nitrogens is 2. The maximum absolute atomic E-state index is 13.2. The highest BCUT2D eigenvalue weighted by atomic mass is 16.3. The fraction of sp³-hybridized carbons (Fsp3) is 0.360. The highest BCUT2D eigenvalue weighted by molar-refractivity contribution is 5.94. The van der Waals surface area contributed by atoms with Gasteiger partial charge in [-0.2, -0.15) is 0 Å². The van der Waals surface area contributed by atoms with Gasteiger partial charge in [0.25, 0.3) is 5.91 Å². The normalized spacial score (nSPS) is 16.9. The first-order valence-corrected chi connectivity index (χ1v) is 10.4. The Hall–Kier alpha value is -3.10. The third-order valence-corrected chi connectivity index (χ3v) is 5.52. The van der Waals surface area contributed by atoms with Crippen LogP contribution in [0.4, 0.5) is 0 Å². The van der Waals surface area contributed by atoms with Crippen LogP contribution >= 0.6 is 0 Å². The number of para-hydroxylation sites is 2. The van der Waals surface area contributed by atoms with Crippen molar-refractivity contribution in [1.82, 2.24) is 14.5 Å². The summed E-state index contributed by atoms with van der Waals surface area (Å²) in [6, 6.07) is 15.5. The van der Waals surface area contributed by atoms with Crippen LogP contribution in [0.25, 0.3) is 11.0 Å². The summed E-state index contributed by atoms with van der Waals surface area (Å²) >= 11 is 0. The van der Waals surface area contributed by atoms with Gasteiger partial charge in [0.05, 0.1) is 11.0 Å². The molecule has 1 atom stereocenters. The van der Waals surface area contributed by atoms with Gasteiger partial charge in [0.2, 0.25) is 0 Å². The number of amides is 1. The Kier molecular flexibility index (Phi) is 5.36. The summed E-state index contributed by atoms with van der Waals surface area (Å²) in [7, 11) is 2.05. The van der Waals surface area contributed by atoms with E-state index in [1.54, 1.807) is 19.9 Å². The molecule has 1 saturated heterocycles. The van der Waals surface area contributed by atoms with Crippen LogP contribution in [0.1, 0.15) is 54.4 Å². The van der Waals surface area contributed by atoms with E-state index in [-0.39, 0.29) is 11.8 Å². The maximum Gasteiger partial charge on any atom is 0.253 e. The standard InChI is InChI=1S/C25H27N3O2/c1-25(2,30)14-13-18-8-6-9-19(16-18)24(29)28-15-7-10-20(17-28)23-26-21-11-4-5-12-22(21)27(23)3/h4-6,8-9,11-12,16,20,30H,7,10,15,17H2,1-3H3. The molecule has 5 nitrogen and oxygen atoms in total. The quantitative estimate of drug-likeness (QED) is 0.666. The van der Waals surface area contributed by atoms with E-state index in [0.29, 0.717) is 12.1 Å². The molecule has 2 heterocycles. The van der Waals surface area contributed by atoms with Crippen molar-refractivity contribution in [2.75, 3.05) is 13.1 Å². The minimum atomic E-state index is -1.06. The third kappa shape index (κ3) is 4.24. The molecule has 0 spiro atoms. The first-order valence-electron chi connectivity index (χ1n) is 10.4. The maximum atomic E-state index is 13.2. The Labute approximate surface area is 177 Å². The summed E-state index contributed by atoms with van der Waals surface area (Å²) < 4.78 is 2.15. The second-order valence-corrected chi connectivity index (χ2v) is 8.50. The molecule has 5 heteroatoms. The van der Waals surface area contributed by atoms with Gasteiger partial charge in [0.15, 0.2) is 0 Å². The molecular formula is C25H27N3O2. The van der Waals surface area contributed by atoms with Gasteiger partial charge in [-0.3, -0.25) is 4.79 Å². The summed E-state index contributed by atoms with van der Waals surface area (Å²) in [5.74, 6) is 7.04. The number of aryl methyl sites for hydroxylation is 1. The zero-order valence-electron chi connectivity index (χ0n) is 17.7. The number of carbonyl (C=O) groups excluding carboxylic acids is 1. The first kappa shape index (κ1) is 20.2. The lowest BCUT2D eigenvalue weighted by atomic mass is 9.96. The highest BCUT2D eigenvalue weighted by Gasteiger charge is 2.28. The summed E-state index contributed by atoms with van der Waals surface area (Å²) in [5, 5.41) is 9.82. The Balaban J connectivity index is 1.55. The largest absolute Gasteiger partial charge is 0.378 e. The zero-order valence-corrected chi connectivity index (χ0v) is 17.7. The summed E-state index contributed by atoms with van der Waals surface area (Å²) in [6.45, 7) is 4.70. The molecule has 1 N–H and O–H groups in total. The van der Waals surface area contributed by atoms with E-state index in [1.807, 2.05) is 41.3 Å². The van der Waals surface area contributed by atoms with Crippen molar-refractivity contribution in [2.45, 2.75) is 38.2 Å².